The van der Waals surface area contributed by atoms with Crippen molar-refractivity contribution in [3.8, 4) is 21.9 Å². The van der Waals surface area contributed by atoms with Crippen molar-refractivity contribution < 1.29 is 9.47 Å². The van der Waals surface area contributed by atoms with E-state index in [0.717, 1.165) is 46.5 Å². The average molecular weight is 369 g/mol. The Morgan fingerprint density at radius 1 is 1.08 bits per heavy atom. The molecule has 3 aromatic rings. The van der Waals surface area contributed by atoms with Crippen molar-refractivity contribution in [2.75, 3.05) is 20.3 Å². The van der Waals surface area contributed by atoms with E-state index < -0.39 is 0 Å². The first-order valence-corrected chi connectivity index (χ1v) is 9.62. The summed E-state index contributed by atoms with van der Waals surface area (Å²) in [6.45, 7) is 4.35. The van der Waals surface area contributed by atoms with E-state index in [0.29, 0.717) is 6.61 Å². The van der Waals surface area contributed by atoms with Crippen LogP contribution in [0.25, 0.3) is 10.4 Å². The largest absolute Gasteiger partial charge is 0.497 e. The second-order valence-corrected chi connectivity index (χ2v) is 6.94. The van der Waals surface area contributed by atoms with Crippen LogP contribution in [0.2, 0.25) is 0 Å². The summed E-state index contributed by atoms with van der Waals surface area (Å²) in [5.41, 5.74) is 2.40. The summed E-state index contributed by atoms with van der Waals surface area (Å²) in [7, 11) is 1.69. The Kier molecular flexibility index (Phi) is 6.63. The second-order valence-electron chi connectivity index (χ2n) is 5.82. The first-order valence-electron chi connectivity index (χ1n) is 8.80. The zero-order valence-electron chi connectivity index (χ0n) is 15.2. The van der Waals surface area contributed by atoms with Gasteiger partial charge in [-0.2, -0.15) is 0 Å². The van der Waals surface area contributed by atoms with Gasteiger partial charge < -0.3 is 14.8 Å². The molecule has 0 fully saturated rings. The first kappa shape index (κ1) is 18.4. The first-order chi connectivity index (χ1) is 12.8. The minimum absolute atomic E-state index is 0.662. The van der Waals surface area contributed by atoms with Crippen LogP contribution in [0.1, 0.15) is 17.5 Å². The van der Waals surface area contributed by atoms with E-state index in [2.05, 4.69) is 28.5 Å². The molecule has 1 aromatic heterocycles. The Balaban J connectivity index is 1.52. The summed E-state index contributed by atoms with van der Waals surface area (Å²) in [6.07, 6.45) is 2.92. The van der Waals surface area contributed by atoms with Crippen LogP contribution in [0.15, 0.2) is 54.7 Å². The van der Waals surface area contributed by atoms with Gasteiger partial charge in [0.05, 0.1) is 18.6 Å². The van der Waals surface area contributed by atoms with Crippen molar-refractivity contribution in [2.45, 2.75) is 19.9 Å². The number of thiazole rings is 1. The van der Waals surface area contributed by atoms with Crippen LogP contribution in [-0.4, -0.2) is 25.2 Å². The Morgan fingerprint density at radius 2 is 1.88 bits per heavy atom. The maximum Gasteiger partial charge on any atom is 0.127 e. The van der Waals surface area contributed by atoms with Crippen molar-refractivity contribution in [1.82, 2.24) is 10.3 Å². The maximum absolute atomic E-state index is 5.72. The van der Waals surface area contributed by atoms with E-state index in [1.807, 2.05) is 43.5 Å². The van der Waals surface area contributed by atoms with Gasteiger partial charge >= 0.3 is 0 Å². The van der Waals surface area contributed by atoms with Crippen molar-refractivity contribution in [3.63, 3.8) is 0 Å². The third-order valence-corrected chi connectivity index (χ3v) is 5.06. The summed E-state index contributed by atoms with van der Waals surface area (Å²) < 4.78 is 10.9. The molecule has 0 unspecified atom stereocenters. The summed E-state index contributed by atoms with van der Waals surface area (Å²) in [5.74, 6) is 1.81. The van der Waals surface area contributed by atoms with Gasteiger partial charge in [0.1, 0.15) is 16.5 Å². The molecule has 0 saturated carbocycles. The molecule has 0 bridgehead atoms. The molecule has 136 valence electrons. The number of ether oxygens (including phenoxy) is 2. The molecular weight excluding hydrogens is 344 g/mol. The van der Waals surface area contributed by atoms with Crippen LogP contribution in [0.4, 0.5) is 0 Å². The number of rotatable bonds is 9. The van der Waals surface area contributed by atoms with Crippen molar-refractivity contribution in [3.05, 3.63) is 65.3 Å². The number of hydrogen-bond acceptors (Lipinski definition) is 5. The fraction of sp³-hybridized carbons (Fsp3) is 0.286. The van der Waals surface area contributed by atoms with Crippen molar-refractivity contribution >= 4 is 11.3 Å². The molecule has 3 rings (SSSR count). The van der Waals surface area contributed by atoms with E-state index in [-0.39, 0.29) is 0 Å². The van der Waals surface area contributed by atoms with Gasteiger partial charge in [0, 0.05) is 18.3 Å². The van der Waals surface area contributed by atoms with Crippen LogP contribution in [0.5, 0.6) is 11.5 Å². The van der Waals surface area contributed by atoms with Gasteiger partial charge in [-0.15, -0.1) is 11.3 Å². The number of aromatic nitrogens is 1. The van der Waals surface area contributed by atoms with Gasteiger partial charge in [-0.05, 0) is 49.7 Å². The lowest BCUT2D eigenvalue weighted by atomic mass is 10.1. The van der Waals surface area contributed by atoms with Gasteiger partial charge in [0.15, 0.2) is 0 Å². The van der Waals surface area contributed by atoms with Gasteiger partial charge in [-0.3, -0.25) is 0 Å². The van der Waals surface area contributed by atoms with Crippen LogP contribution >= 0.6 is 11.3 Å². The monoisotopic (exact) mass is 368 g/mol. The van der Waals surface area contributed by atoms with E-state index in [1.54, 1.807) is 18.4 Å². The summed E-state index contributed by atoms with van der Waals surface area (Å²) >= 11 is 1.71. The molecule has 0 atom stereocenters. The summed E-state index contributed by atoms with van der Waals surface area (Å²) in [5, 5.41) is 4.55. The van der Waals surface area contributed by atoms with E-state index in [4.69, 9.17) is 9.47 Å². The van der Waals surface area contributed by atoms with E-state index in [9.17, 15) is 0 Å². The van der Waals surface area contributed by atoms with Crippen molar-refractivity contribution in [1.29, 1.82) is 0 Å². The highest BCUT2D eigenvalue weighted by Crippen LogP contribution is 2.33. The molecule has 0 spiro atoms. The lowest BCUT2D eigenvalue weighted by molar-refractivity contribution is 0.341. The smallest absolute Gasteiger partial charge is 0.127 e. The van der Waals surface area contributed by atoms with Gasteiger partial charge in [-0.25, -0.2) is 4.98 Å². The van der Waals surface area contributed by atoms with Crippen LogP contribution in [0.3, 0.4) is 0 Å². The van der Waals surface area contributed by atoms with Gasteiger partial charge in [0.25, 0.3) is 0 Å². The molecule has 1 heterocycles. The molecule has 4 nitrogen and oxygen atoms in total. The highest BCUT2D eigenvalue weighted by molar-refractivity contribution is 7.15. The fourth-order valence-electron chi connectivity index (χ4n) is 2.69. The number of nitrogens with zero attached hydrogens (tertiary/aromatic N) is 1. The number of nitrogens with one attached hydrogen (secondary N) is 1. The normalized spacial score (nSPS) is 10.7. The van der Waals surface area contributed by atoms with Crippen LogP contribution in [0, 0.1) is 0 Å². The number of hydrogen-bond donors (Lipinski definition) is 1. The van der Waals surface area contributed by atoms with Crippen LogP contribution in [-0.2, 0) is 13.0 Å². The average Bonchev–Trinajstić information content (AvgIpc) is 3.15. The standard InChI is InChI=1S/C21H24N2O2S/c1-3-25-19-7-5-4-6-18(19)20-14-23-21(26-20)15-22-13-12-16-8-10-17(24-2)11-9-16/h4-11,14,22H,3,12-13,15H2,1-2H3. The molecule has 1 N–H and O–H groups in total. The molecule has 5 heteroatoms. The number of para-hydroxylation sites is 1. The minimum Gasteiger partial charge on any atom is -0.497 e. The third-order valence-electron chi connectivity index (χ3n) is 4.03. The Labute approximate surface area is 158 Å². The minimum atomic E-state index is 0.662. The molecule has 0 amide bonds. The maximum atomic E-state index is 5.72. The predicted molar refractivity (Wildman–Crippen MR) is 107 cm³/mol. The molecule has 0 aliphatic heterocycles. The number of methoxy groups -OCH3 is 1. The van der Waals surface area contributed by atoms with Gasteiger partial charge in [0.2, 0.25) is 0 Å². The zero-order chi connectivity index (χ0) is 18.2. The van der Waals surface area contributed by atoms with Crippen molar-refractivity contribution in [2.24, 2.45) is 0 Å². The van der Waals surface area contributed by atoms with E-state index >= 15 is 0 Å². The highest BCUT2D eigenvalue weighted by atomic mass is 32.1. The summed E-state index contributed by atoms with van der Waals surface area (Å²) in [6, 6.07) is 16.3. The molecule has 0 aliphatic carbocycles. The second kappa shape index (κ2) is 9.36. The van der Waals surface area contributed by atoms with Gasteiger partial charge in [-0.1, -0.05) is 24.3 Å². The zero-order valence-corrected chi connectivity index (χ0v) is 16.0. The third kappa shape index (κ3) is 4.84. The van der Waals surface area contributed by atoms with E-state index in [1.165, 1.54) is 5.56 Å². The fourth-order valence-corrected chi connectivity index (χ4v) is 3.61. The molecule has 26 heavy (non-hydrogen) atoms. The highest BCUT2D eigenvalue weighted by Gasteiger charge is 2.09. The Bertz CT molecular complexity index is 815. The Morgan fingerprint density at radius 3 is 2.65 bits per heavy atom. The SMILES string of the molecule is CCOc1ccccc1-c1cnc(CNCCc2ccc(OC)cc2)s1. The number of benzene rings is 2. The summed E-state index contributed by atoms with van der Waals surface area (Å²) in [4.78, 5) is 5.68. The molecule has 0 radical (unpaired) electrons. The Hall–Kier alpha value is -2.37. The molecule has 0 aliphatic rings. The topological polar surface area (TPSA) is 43.4 Å². The molecule has 0 saturated heterocycles. The predicted octanol–water partition coefficient (Wildman–Crippen LogP) is 4.55. The lowest BCUT2D eigenvalue weighted by Gasteiger charge is -2.07. The quantitative estimate of drug-likeness (QED) is 0.563. The van der Waals surface area contributed by atoms with Crippen LogP contribution < -0.4 is 14.8 Å². The molecular formula is C21H24N2O2S. The molecule has 2 aromatic carbocycles. The lowest BCUT2D eigenvalue weighted by Crippen LogP contribution is -2.16.